The van der Waals surface area contributed by atoms with Gasteiger partial charge in [-0.15, -0.1) is 0 Å². The molecule has 0 bridgehead atoms. The van der Waals surface area contributed by atoms with Gasteiger partial charge in [-0.3, -0.25) is 4.99 Å². The average molecular weight is 322 g/mol. The van der Waals surface area contributed by atoms with Gasteiger partial charge < -0.3 is 10.5 Å². The molecule has 0 saturated heterocycles. The lowest BCUT2D eigenvalue weighted by molar-refractivity contribution is 0.326. The van der Waals surface area contributed by atoms with Crippen molar-refractivity contribution in [2.75, 3.05) is 13.2 Å². The van der Waals surface area contributed by atoms with Gasteiger partial charge in [-0.05, 0) is 48.1 Å². The highest BCUT2D eigenvalue weighted by atomic mass is 16.5. The highest BCUT2D eigenvalue weighted by molar-refractivity contribution is 5.62. The molecule has 2 aromatic carbocycles. The monoisotopic (exact) mass is 322 g/mol. The van der Waals surface area contributed by atoms with Crippen molar-refractivity contribution in [3.8, 4) is 5.75 Å². The maximum atomic E-state index is 5.77. The van der Waals surface area contributed by atoms with Crippen molar-refractivity contribution in [2.45, 2.75) is 38.1 Å². The molecular weight excluding hydrogens is 296 g/mol. The SMILES string of the molecule is CCC1(Cc2ccccc2)N=CCCc2ccc(OCCN)cc21. The molecule has 1 aliphatic heterocycles. The summed E-state index contributed by atoms with van der Waals surface area (Å²) in [6.45, 7) is 3.29. The van der Waals surface area contributed by atoms with Crippen molar-refractivity contribution < 1.29 is 4.74 Å². The molecule has 1 unspecified atom stereocenters. The minimum Gasteiger partial charge on any atom is -0.492 e. The Labute approximate surface area is 144 Å². The van der Waals surface area contributed by atoms with E-state index in [0.29, 0.717) is 13.2 Å². The highest BCUT2D eigenvalue weighted by Gasteiger charge is 2.33. The molecule has 1 heterocycles. The third kappa shape index (κ3) is 3.51. The summed E-state index contributed by atoms with van der Waals surface area (Å²) in [5.41, 5.74) is 9.36. The number of aryl methyl sites for hydroxylation is 1. The fourth-order valence-electron chi connectivity index (χ4n) is 3.48. The third-order valence-electron chi connectivity index (χ3n) is 4.77. The zero-order valence-corrected chi connectivity index (χ0v) is 14.4. The van der Waals surface area contributed by atoms with Crippen molar-refractivity contribution in [1.82, 2.24) is 0 Å². The summed E-state index contributed by atoms with van der Waals surface area (Å²) in [6.07, 6.45) is 6.01. The van der Waals surface area contributed by atoms with Gasteiger partial charge in [0.15, 0.2) is 0 Å². The Bertz CT molecular complexity index is 696. The van der Waals surface area contributed by atoms with Crippen LogP contribution in [0.25, 0.3) is 0 Å². The summed E-state index contributed by atoms with van der Waals surface area (Å²) in [6, 6.07) is 17.1. The first-order valence-corrected chi connectivity index (χ1v) is 8.81. The van der Waals surface area contributed by atoms with Gasteiger partial charge in [0, 0.05) is 19.2 Å². The first kappa shape index (κ1) is 16.7. The molecule has 3 rings (SSSR count). The second-order valence-electron chi connectivity index (χ2n) is 6.35. The van der Waals surface area contributed by atoms with E-state index in [1.165, 1.54) is 16.7 Å². The number of hydrogen-bond acceptors (Lipinski definition) is 3. The van der Waals surface area contributed by atoms with Gasteiger partial charge in [0.2, 0.25) is 0 Å². The molecule has 1 atom stereocenters. The van der Waals surface area contributed by atoms with E-state index in [1.807, 2.05) is 0 Å². The number of hydrogen-bond donors (Lipinski definition) is 1. The van der Waals surface area contributed by atoms with E-state index in [4.69, 9.17) is 15.5 Å². The molecule has 0 spiro atoms. The molecule has 2 aromatic rings. The van der Waals surface area contributed by atoms with Crippen molar-refractivity contribution in [3.63, 3.8) is 0 Å². The van der Waals surface area contributed by atoms with Gasteiger partial charge in [-0.25, -0.2) is 0 Å². The molecule has 126 valence electrons. The molecule has 0 aliphatic carbocycles. The largest absolute Gasteiger partial charge is 0.492 e. The summed E-state index contributed by atoms with van der Waals surface area (Å²) in [4.78, 5) is 5.03. The van der Waals surface area contributed by atoms with Crippen LogP contribution < -0.4 is 10.5 Å². The predicted octanol–water partition coefficient (Wildman–Crippen LogP) is 3.89. The maximum Gasteiger partial charge on any atom is 0.119 e. The second-order valence-corrected chi connectivity index (χ2v) is 6.35. The van der Waals surface area contributed by atoms with E-state index < -0.39 is 0 Å². The van der Waals surface area contributed by atoms with Crippen molar-refractivity contribution in [3.05, 3.63) is 65.2 Å². The minimum atomic E-state index is -0.213. The highest BCUT2D eigenvalue weighted by Crippen LogP contribution is 2.39. The molecule has 0 fully saturated rings. The van der Waals surface area contributed by atoms with Crippen LogP contribution in [0.15, 0.2) is 53.5 Å². The van der Waals surface area contributed by atoms with Crippen molar-refractivity contribution in [2.24, 2.45) is 10.7 Å². The molecule has 1 aliphatic rings. The Hall–Kier alpha value is -2.13. The van der Waals surface area contributed by atoms with Crippen LogP contribution in [-0.2, 0) is 18.4 Å². The van der Waals surface area contributed by atoms with Gasteiger partial charge >= 0.3 is 0 Å². The zero-order valence-electron chi connectivity index (χ0n) is 14.4. The fourth-order valence-corrected chi connectivity index (χ4v) is 3.48. The summed E-state index contributed by atoms with van der Waals surface area (Å²) in [7, 11) is 0. The Morgan fingerprint density at radius 2 is 2.00 bits per heavy atom. The third-order valence-corrected chi connectivity index (χ3v) is 4.77. The van der Waals surface area contributed by atoms with Gasteiger partial charge in [-0.2, -0.15) is 0 Å². The van der Waals surface area contributed by atoms with Crippen LogP contribution in [0.1, 0.15) is 36.5 Å². The summed E-state index contributed by atoms with van der Waals surface area (Å²) in [5, 5.41) is 0. The number of nitrogens with zero attached hydrogens (tertiary/aromatic N) is 1. The Morgan fingerprint density at radius 3 is 2.75 bits per heavy atom. The number of rotatable bonds is 6. The van der Waals surface area contributed by atoms with Crippen molar-refractivity contribution >= 4 is 6.21 Å². The van der Waals surface area contributed by atoms with Gasteiger partial charge in [0.05, 0.1) is 5.54 Å². The molecule has 0 amide bonds. The molecule has 0 aromatic heterocycles. The number of aliphatic imine (C=N–C) groups is 1. The minimum absolute atomic E-state index is 0.213. The van der Waals surface area contributed by atoms with E-state index in [1.54, 1.807) is 0 Å². The van der Waals surface area contributed by atoms with Crippen LogP contribution in [0.3, 0.4) is 0 Å². The summed E-state index contributed by atoms with van der Waals surface area (Å²) in [5.74, 6) is 0.891. The topological polar surface area (TPSA) is 47.6 Å². The lowest BCUT2D eigenvalue weighted by Gasteiger charge is -2.31. The molecule has 2 N–H and O–H groups in total. The van der Waals surface area contributed by atoms with Gasteiger partial charge in [0.1, 0.15) is 12.4 Å². The predicted molar refractivity (Wildman–Crippen MR) is 99.9 cm³/mol. The number of ether oxygens (including phenoxy) is 1. The van der Waals surface area contributed by atoms with Crippen molar-refractivity contribution in [1.29, 1.82) is 0 Å². The Morgan fingerprint density at radius 1 is 1.17 bits per heavy atom. The van der Waals surface area contributed by atoms with Crippen LogP contribution >= 0.6 is 0 Å². The quantitative estimate of drug-likeness (QED) is 0.877. The first-order chi connectivity index (χ1) is 11.8. The average Bonchev–Trinajstić information content (AvgIpc) is 2.81. The van der Waals surface area contributed by atoms with E-state index in [0.717, 1.165) is 31.4 Å². The normalized spacial score (nSPS) is 19.6. The second kappa shape index (κ2) is 7.63. The van der Waals surface area contributed by atoms with Crippen LogP contribution in [0, 0.1) is 0 Å². The lowest BCUT2D eigenvalue weighted by atomic mass is 9.79. The fraction of sp³-hybridized carbons (Fsp3) is 0.381. The molecule has 0 radical (unpaired) electrons. The van der Waals surface area contributed by atoms with E-state index in [-0.39, 0.29) is 5.54 Å². The smallest absolute Gasteiger partial charge is 0.119 e. The number of benzene rings is 2. The zero-order chi connectivity index (χ0) is 16.8. The summed E-state index contributed by atoms with van der Waals surface area (Å²) >= 11 is 0. The van der Waals surface area contributed by atoms with Gasteiger partial charge in [0.25, 0.3) is 0 Å². The van der Waals surface area contributed by atoms with E-state index >= 15 is 0 Å². The number of fused-ring (bicyclic) bond motifs is 1. The maximum absolute atomic E-state index is 5.77. The molecule has 0 saturated carbocycles. The van der Waals surface area contributed by atoms with Crippen LogP contribution in [0.4, 0.5) is 0 Å². The molecule has 24 heavy (non-hydrogen) atoms. The molecule has 3 nitrogen and oxygen atoms in total. The van der Waals surface area contributed by atoms with Gasteiger partial charge in [-0.1, -0.05) is 43.3 Å². The van der Waals surface area contributed by atoms with Crippen LogP contribution in [-0.4, -0.2) is 19.4 Å². The Kier molecular flexibility index (Phi) is 5.31. The summed E-state index contributed by atoms with van der Waals surface area (Å²) < 4.78 is 5.77. The molecular formula is C21H26N2O. The van der Waals surface area contributed by atoms with Crippen LogP contribution in [0.2, 0.25) is 0 Å². The van der Waals surface area contributed by atoms with Crippen LogP contribution in [0.5, 0.6) is 5.75 Å². The lowest BCUT2D eigenvalue weighted by Crippen LogP contribution is -2.27. The van der Waals surface area contributed by atoms with E-state index in [9.17, 15) is 0 Å². The first-order valence-electron chi connectivity index (χ1n) is 8.81. The number of nitrogens with two attached hydrogens (primary N) is 1. The van der Waals surface area contributed by atoms with E-state index in [2.05, 4.69) is 61.7 Å². The standard InChI is InChI=1S/C21H26N2O/c1-2-21(16-17-7-4-3-5-8-17)20-15-19(24-14-12-22)11-10-18(20)9-6-13-23-21/h3-5,7-8,10-11,13,15H,2,6,9,12,14,16,22H2,1H3. The Balaban J connectivity index is 2.02. The molecule has 3 heteroatoms.